The Labute approximate surface area is 118 Å². The second kappa shape index (κ2) is 6.25. The third-order valence-electron chi connectivity index (χ3n) is 3.59. The maximum Gasteiger partial charge on any atom is 0.0805 e. The Balaban J connectivity index is 1.98. The van der Waals surface area contributed by atoms with Gasteiger partial charge in [-0.2, -0.15) is 0 Å². The second-order valence-electron chi connectivity index (χ2n) is 5.21. The van der Waals surface area contributed by atoms with Crippen molar-refractivity contribution in [3.8, 4) is 0 Å². The Morgan fingerprint density at radius 3 is 2.83 bits per heavy atom. The van der Waals surface area contributed by atoms with E-state index in [0.29, 0.717) is 16.1 Å². The molecule has 4 heteroatoms. The van der Waals surface area contributed by atoms with Crippen molar-refractivity contribution < 1.29 is 5.11 Å². The van der Waals surface area contributed by atoms with E-state index in [9.17, 15) is 5.11 Å². The lowest BCUT2D eigenvalue weighted by Crippen LogP contribution is -2.38. The minimum absolute atomic E-state index is 0.387. The third-order valence-corrected chi connectivity index (χ3v) is 4.33. The smallest absolute Gasteiger partial charge is 0.0805 e. The van der Waals surface area contributed by atoms with Crippen LogP contribution in [0.15, 0.2) is 18.2 Å². The summed E-state index contributed by atoms with van der Waals surface area (Å²) in [5, 5.41) is 14.7. The molecule has 0 saturated carbocycles. The Kier molecular flexibility index (Phi) is 4.91. The molecule has 0 spiro atoms. The number of nitrogens with one attached hydrogen (secondary N) is 1. The van der Waals surface area contributed by atoms with Gasteiger partial charge in [0.15, 0.2) is 0 Å². The first kappa shape index (κ1) is 14.1. The molecule has 0 aliphatic carbocycles. The molecule has 1 aliphatic rings. The lowest BCUT2D eigenvalue weighted by Gasteiger charge is -2.29. The molecule has 100 valence electrons. The van der Waals surface area contributed by atoms with Gasteiger partial charge in [-0.1, -0.05) is 36.2 Å². The fourth-order valence-corrected chi connectivity index (χ4v) is 2.83. The maximum atomic E-state index is 10.2. The quantitative estimate of drug-likeness (QED) is 0.886. The van der Waals surface area contributed by atoms with Crippen LogP contribution in [-0.4, -0.2) is 17.7 Å². The number of hydrogen-bond acceptors (Lipinski definition) is 2. The van der Waals surface area contributed by atoms with Gasteiger partial charge in [-0.3, -0.25) is 0 Å². The molecule has 18 heavy (non-hydrogen) atoms. The van der Waals surface area contributed by atoms with E-state index in [-0.39, 0.29) is 0 Å². The predicted molar refractivity (Wildman–Crippen MR) is 76.2 cm³/mol. The van der Waals surface area contributed by atoms with E-state index in [1.54, 1.807) is 12.1 Å². The molecule has 0 radical (unpaired) electrons. The van der Waals surface area contributed by atoms with Gasteiger partial charge >= 0.3 is 0 Å². The lowest BCUT2D eigenvalue weighted by molar-refractivity contribution is 0.138. The molecular formula is C14H19Cl2NO. The summed E-state index contributed by atoms with van der Waals surface area (Å²) < 4.78 is 0. The molecule has 1 aliphatic heterocycles. The average Bonchev–Trinajstić information content (AvgIpc) is 2.32. The van der Waals surface area contributed by atoms with Crippen LogP contribution in [0.25, 0.3) is 0 Å². The predicted octanol–water partition coefficient (Wildman–Crippen LogP) is 3.81. The van der Waals surface area contributed by atoms with E-state index < -0.39 is 6.10 Å². The minimum atomic E-state index is -0.484. The molecule has 0 aromatic heterocycles. The molecule has 0 amide bonds. The highest BCUT2D eigenvalue weighted by Crippen LogP contribution is 2.29. The van der Waals surface area contributed by atoms with Crippen molar-refractivity contribution in [1.82, 2.24) is 5.32 Å². The zero-order valence-electron chi connectivity index (χ0n) is 10.5. The largest absolute Gasteiger partial charge is 0.388 e. The first-order valence-corrected chi connectivity index (χ1v) is 7.18. The van der Waals surface area contributed by atoms with Crippen LogP contribution in [0.3, 0.4) is 0 Å². The summed E-state index contributed by atoms with van der Waals surface area (Å²) in [5.41, 5.74) is 0.837. The van der Waals surface area contributed by atoms with E-state index in [4.69, 9.17) is 23.2 Å². The number of benzene rings is 1. The van der Waals surface area contributed by atoms with Gasteiger partial charge in [-0.25, -0.2) is 0 Å². The van der Waals surface area contributed by atoms with Gasteiger partial charge in [0.1, 0.15) is 0 Å². The number of aliphatic hydroxyl groups is 1. The van der Waals surface area contributed by atoms with Crippen molar-refractivity contribution in [2.45, 2.75) is 38.3 Å². The Morgan fingerprint density at radius 2 is 2.17 bits per heavy atom. The fraction of sp³-hybridized carbons (Fsp3) is 0.571. The van der Waals surface area contributed by atoms with E-state index in [1.807, 2.05) is 6.07 Å². The molecular weight excluding hydrogens is 269 g/mol. The van der Waals surface area contributed by atoms with Crippen molar-refractivity contribution in [2.24, 2.45) is 5.92 Å². The molecule has 3 atom stereocenters. The summed E-state index contributed by atoms with van der Waals surface area (Å²) in [7, 11) is 0. The van der Waals surface area contributed by atoms with Crippen LogP contribution in [0.4, 0.5) is 0 Å². The molecule has 1 aromatic carbocycles. The fourth-order valence-electron chi connectivity index (χ4n) is 2.53. The number of aliphatic hydroxyl groups excluding tert-OH is 1. The van der Waals surface area contributed by atoms with Gasteiger partial charge in [0.2, 0.25) is 0 Å². The van der Waals surface area contributed by atoms with Gasteiger partial charge in [0, 0.05) is 6.04 Å². The van der Waals surface area contributed by atoms with E-state index in [0.717, 1.165) is 30.9 Å². The van der Waals surface area contributed by atoms with Crippen LogP contribution >= 0.6 is 23.2 Å². The van der Waals surface area contributed by atoms with E-state index in [1.165, 1.54) is 6.42 Å². The number of piperidine rings is 1. The summed E-state index contributed by atoms with van der Waals surface area (Å²) in [6.45, 7) is 3.30. The van der Waals surface area contributed by atoms with E-state index >= 15 is 0 Å². The highest BCUT2D eigenvalue weighted by atomic mass is 35.5. The Morgan fingerprint density at radius 1 is 1.39 bits per heavy atom. The first-order valence-electron chi connectivity index (χ1n) is 6.42. The zero-order chi connectivity index (χ0) is 13.1. The van der Waals surface area contributed by atoms with Crippen LogP contribution in [0, 0.1) is 5.92 Å². The van der Waals surface area contributed by atoms with Crippen LogP contribution in [0.5, 0.6) is 0 Å². The second-order valence-corrected chi connectivity index (χ2v) is 6.02. The minimum Gasteiger partial charge on any atom is -0.388 e. The standard InChI is InChI=1S/C14H19Cl2NO/c1-9-4-5-17-11(6-9)8-14(18)10-2-3-12(15)13(16)7-10/h2-3,7,9,11,14,17-18H,4-6,8H2,1H3. The summed E-state index contributed by atoms with van der Waals surface area (Å²) in [6.07, 6.45) is 2.59. The van der Waals surface area contributed by atoms with Gasteiger partial charge < -0.3 is 10.4 Å². The summed E-state index contributed by atoms with van der Waals surface area (Å²) in [5.74, 6) is 0.734. The Hall–Kier alpha value is -0.280. The lowest BCUT2D eigenvalue weighted by atomic mass is 9.90. The molecule has 1 fully saturated rings. The molecule has 0 bridgehead atoms. The topological polar surface area (TPSA) is 32.3 Å². The maximum absolute atomic E-state index is 10.2. The Bertz CT molecular complexity index is 411. The van der Waals surface area contributed by atoms with Crippen molar-refractivity contribution in [3.63, 3.8) is 0 Å². The van der Waals surface area contributed by atoms with E-state index in [2.05, 4.69) is 12.2 Å². The first-order chi connectivity index (χ1) is 8.56. The monoisotopic (exact) mass is 287 g/mol. The van der Waals surface area contributed by atoms with Gasteiger partial charge in [-0.15, -0.1) is 0 Å². The summed E-state index contributed by atoms with van der Waals surface area (Å²) >= 11 is 11.8. The van der Waals surface area contributed by atoms with Gasteiger partial charge in [-0.05, 0) is 49.4 Å². The highest BCUT2D eigenvalue weighted by Gasteiger charge is 2.21. The molecule has 1 aromatic rings. The van der Waals surface area contributed by atoms with Crippen LogP contribution in [0.1, 0.15) is 37.9 Å². The molecule has 2 nitrogen and oxygen atoms in total. The van der Waals surface area contributed by atoms with Crippen LogP contribution in [-0.2, 0) is 0 Å². The molecule has 2 rings (SSSR count). The number of rotatable bonds is 3. The van der Waals surface area contributed by atoms with Crippen molar-refractivity contribution in [1.29, 1.82) is 0 Å². The van der Waals surface area contributed by atoms with Crippen molar-refractivity contribution in [2.75, 3.05) is 6.54 Å². The molecule has 1 heterocycles. The third kappa shape index (κ3) is 3.61. The summed E-state index contributed by atoms with van der Waals surface area (Å²) in [4.78, 5) is 0. The van der Waals surface area contributed by atoms with Crippen molar-refractivity contribution >= 4 is 23.2 Å². The molecule has 3 unspecified atom stereocenters. The number of hydrogen-bond donors (Lipinski definition) is 2. The normalized spacial score (nSPS) is 26.0. The average molecular weight is 288 g/mol. The molecule has 2 N–H and O–H groups in total. The SMILES string of the molecule is CC1CCNC(CC(O)c2ccc(Cl)c(Cl)c2)C1. The zero-order valence-corrected chi connectivity index (χ0v) is 12.0. The molecule has 1 saturated heterocycles. The van der Waals surface area contributed by atoms with Gasteiger partial charge in [0.25, 0.3) is 0 Å². The number of halogens is 2. The van der Waals surface area contributed by atoms with Gasteiger partial charge in [0.05, 0.1) is 16.1 Å². The van der Waals surface area contributed by atoms with Crippen molar-refractivity contribution in [3.05, 3.63) is 33.8 Å². The van der Waals surface area contributed by atoms with Crippen LogP contribution < -0.4 is 5.32 Å². The van der Waals surface area contributed by atoms with Crippen LogP contribution in [0.2, 0.25) is 10.0 Å². The summed E-state index contributed by atoms with van der Waals surface area (Å²) in [6, 6.07) is 5.71. The highest BCUT2D eigenvalue weighted by molar-refractivity contribution is 6.42.